The smallest absolute Gasteiger partial charge is 0.326 e. The topological polar surface area (TPSA) is 116 Å². The van der Waals surface area contributed by atoms with Crippen LogP contribution in [0.25, 0.3) is 11.1 Å². The van der Waals surface area contributed by atoms with Gasteiger partial charge in [-0.2, -0.15) is 4.98 Å². The highest BCUT2D eigenvalue weighted by Gasteiger charge is 2.10. The number of aryl methyl sites for hydroxylation is 1. The molecule has 0 aliphatic heterocycles. The Balaban J connectivity index is 1.65. The third-order valence-electron chi connectivity index (χ3n) is 5.53. The summed E-state index contributed by atoms with van der Waals surface area (Å²) in [6.45, 7) is 9.36. The van der Waals surface area contributed by atoms with Crippen LogP contribution < -0.4 is 21.9 Å². The van der Waals surface area contributed by atoms with Crippen molar-refractivity contribution in [3.63, 3.8) is 0 Å². The van der Waals surface area contributed by atoms with Gasteiger partial charge >= 0.3 is 6.03 Å². The van der Waals surface area contributed by atoms with E-state index in [0.717, 1.165) is 42.7 Å². The number of nitrogens with zero attached hydrogens (tertiary/aromatic N) is 2. The van der Waals surface area contributed by atoms with Crippen molar-refractivity contribution in [1.29, 1.82) is 0 Å². The van der Waals surface area contributed by atoms with Crippen molar-refractivity contribution in [2.75, 3.05) is 30.3 Å². The zero-order valence-corrected chi connectivity index (χ0v) is 20.6. The van der Waals surface area contributed by atoms with Crippen LogP contribution in [-0.4, -0.2) is 40.5 Å². The second kappa shape index (κ2) is 12.6. The molecule has 0 aliphatic carbocycles. The van der Waals surface area contributed by atoms with Crippen LogP contribution in [0, 0.1) is 6.92 Å². The minimum absolute atomic E-state index is 0.0799. The number of carbonyl (C=O) groups excluding carboxylic acids is 1. The van der Waals surface area contributed by atoms with Gasteiger partial charge in [-0.05, 0) is 56.5 Å². The molecule has 184 valence electrons. The molecule has 5 N–H and O–H groups in total. The van der Waals surface area contributed by atoms with E-state index in [0.29, 0.717) is 17.8 Å². The van der Waals surface area contributed by atoms with Gasteiger partial charge in [0.25, 0.3) is 5.56 Å². The Morgan fingerprint density at radius 1 is 1.11 bits per heavy atom. The number of anilines is 2. The van der Waals surface area contributed by atoms with Crippen molar-refractivity contribution in [3.8, 4) is 11.1 Å². The first-order valence-corrected chi connectivity index (χ1v) is 11.7. The van der Waals surface area contributed by atoms with Crippen LogP contribution in [0.3, 0.4) is 0 Å². The van der Waals surface area contributed by atoms with Crippen LogP contribution in [0.5, 0.6) is 0 Å². The molecule has 8 nitrogen and oxygen atoms in total. The molecule has 35 heavy (non-hydrogen) atoms. The van der Waals surface area contributed by atoms with E-state index < -0.39 is 11.6 Å². The number of nitrogens with one attached hydrogen (secondary N) is 3. The number of H-pyrrole nitrogens is 1. The first kappa shape index (κ1) is 25.9. The van der Waals surface area contributed by atoms with Gasteiger partial charge in [0.2, 0.25) is 5.95 Å². The summed E-state index contributed by atoms with van der Waals surface area (Å²) in [7, 11) is 0. The molecule has 0 radical (unpaired) electrons. The lowest BCUT2D eigenvalue weighted by Gasteiger charge is -2.21. The Morgan fingerprint density at radius 3 is 2.51 bits per heavy atom. The normalized spacial score (nSPS) is 10.8. The molecule has 2 aromatic carbocycles. The molecule has 0 atom stereocenters. The molecule has 0 saturated heterocycles. The summed E-state index contributed by atoms with van der Waals surface area (Å²) >= 11 is 0. The fourth-order valence-corrected chi connectivity index (χ4v) is 3.55. The van der Waals surface area contributed by atoms with Gasteiger partial charge in [-0.15, -0.1) is 0 Å². The number of aromatic nitrogens is 2. The zero-order chi connectivity index (χ0) is 25.2. The number of allylic oxidation sites excluding steroid dienone is 1. The first-order valence-electron chi connectivity index (χ1n) is 11.7. The second-order valence-electron chi connectivity index (χ2n) is 8.72. The molecule has 1 heterocycles. The van der Waals surface area contributed by atoms with Gasteiger partial charge < -0.3 is 16.0 Å². The van der Waals surface area contributed by atoms with Crippen LogP contribution in [0.1, 0.15) is 31.4 Å². The van der Waals surface area contributed by atoms with Crippen molar-refractivity contribution < 1.29 is 4.79 Å². The minimum Gasteiger partial charge on any atom is -0.331 e. The third kappa shape index (κ3) is 7.91. The number of hydrogen-bond acceptors (Lipinski definition) is 5. The van der Waals surface area contributed by atoms with Gasteiger partial charge in [0, 0.05) is 31.5 Å². The summed E-state index contributed by atoms with van der Waals surface area (Å²) < 4.78 is 0. The Kier molecular flexibility index (Phi) is 9.34. The maximum Gasteiger partial charge on any atom is 0.326 e. The number of benzene rings is 2. The first-order chi connectivity index (χ1) is 16.9. The SMILES string of the molecule is CC(C)=CCN(CCCN)Cc1ccc(-c2c[nH]c(NC(=O)Nc3ccccc3C)nc2=O)cc1. The lowest BCUT2D eigenvalue weighted by molar-refractivity contribution is 0.262. The number of aromatic amines is 1. The van der Waals surface area contributed by atoms with Gasteiger partial charge in [0.1, 0.15) is 0 Å². The van der Waals surface area contributed by atoms with E-state index >= 15 is 0 Å². The van der Waals surface area contributed by atoms with Gasteiger partial charge in [-0.1, -0.05) is 54.1 Å². The number of amides is 2. The van der Waals surface area contributed by atoms with Crippen molar-refractivity contribution in [2.45, 2.75) is 33.7 Å². The van der Waals surface area contributed by atoms with E-state index in [9.17, 15) is 9.59 Å². The Bertz CT molecular complexity index is 1210. The molecule has 3 rings (SSSR count). The lowest BCUT2D eigenvalue weighted by atomic mass is 10.1. The molecule has 0 saturated carbocycles. The van der Waals surface area contributed by atoms with E-state index in [4.69, 9.17) is 5.73 Å². The van der Waals surface area contributed by atoms with Gasteiger partial charge in [-0.25, -0.2) is 4.79 Å². The molecule has 3 aromatic rings. The summed E-state index contributed by atoms with van der Waals surface area (Å²) in [5.74, 6) is 0.0799. The fourth-order valence-electron chi connectivity index (χ4n) is 3.55. The number of para-hydroxylation sites is 1. The predicted molar refractivity (Wildman–Crippen MR) is 142 cm³/mol. The maximum atomic E-state index is 12.6. The van der Waals surface area contributed by atoms with E-state index in [1.165, 1.54) is 5.57 Å². The Hall–Kier alpha value is -3.75. The Morgan fingerprint density at radius 2 is 1.86 bits per heavy atom. The van der Waals surface area contributed by atoms with Crippen LogP contribution in [0.4, 0.5) is 16.4 Å². The molecule has 2 amide bonds. The fraction of sp³-hybridized carbons (Fsp3) is 0.296. The quantitative estimate of drug-likeness (QED) is 0.323. The molecule has 8 heteroatoms. The molecule has 1 aromatic heterocycles. The highest BCUT2D eigenvalue weighted by Crippen LogP contribution is 2.17. The highest BCUT2D eigenvalue weighted by atomic mass is 16.2. The van der Waals surface area contributed by atoms with Crippen molar-refractivity contribution in [1.82, 2.24) is 14.9 Å². The molecular formula is C27H34N6O2. The summed E-state index contributed by atoms with van der Waals surface area (Å²) in [6.07, 6.45) is 4.72. The molecular weight excluding hydrogens is 440 g/mol. The van der Waals surface area contributed by atoms with Gasteiger partial charge in [-0.3, -0.25) is 15.0 Å². The van der Waals surface area contributed by atoms with Crippen molar-refractivity contribution >= 4 is 17.7 Å². The Labute approximate surface area is 206 Å². The minimum atomic E-state index is -0.480. The molecule has 0 spiro atoms. The van der Waals surface area contributed by atoms with E-state index in [1.807, 2.05) is 49.4 Å². The molecule has 0 bridgehead atoms. The molecule has 0 aliphatic rings. The van der Waals surface area contributed by atoms with E-state index in [1.54, 1.807) is 12.3 Å². The average molecular weight is 475 g/mol. The summed E-state index contributed by atoms with van der Waals surface area (Å²) in [6, 6.07) is 14.8. The number of carbonyl (C=O) groups is 1. The predicted octanol–water partition coefficient (Wildman–Crippen LogP) is 4.51. The average Bonchev–Trinajstić information content (AvgIpc) is 2.83. The molecule has 0 fully saturated rings. The second-order valence-corrected chi connectivity index (χ2v) is 8.72. The zero-order valence-electron chi connectivity index (χ0n) is 20.6. The number of nitrogens with two attached hydrogens (primary N) is 1. The van der Waals surface area contributed by atoms with Crippen LogP contribution in [0.15, 0.2) is 71.2 Å². The number of rotatable bonds is 10. The van der Waals surface area contributed by atoms with Crippen LogP contribution in [-0.2, 0) is 6.54 Å². The summed E-state index contributed by atoms with van der Waals surface area (Å²) in [5.41, 5.74) is 10.5. The van der Waals surface area contributed by atoms with Crippen molar-refractivity contribution in [2.24, 2.45) is 5.73 Å². The van der Waals surface area contributed by atoms with Crippen LogP contribution >= 0.6 is 0 Å². The monoisotopic (exact) mass is 474 g/mol. The maximum absolute atomic E-state index is 12.6. The van der Waals surface area contributed by atoms with Gasteiger partial charge in [0.05, 0.1) is 5.56 Å². The van der Waals surface area contributed by atoms with E-state index in [-0.39, 0.29) is 5.95 Å². The standard InChI is InChI=1S/C27H34N6O2/c1-19(2)13-16-33(15-6-14-28)18-21-9-11-22(12-10-21)23-17-29-26(31-25(23)34)32-27(35)30-24-8-5-4-7-20(24)3/h4-5,7-13,17H,6,14-16,18,28H2,1-3H3,(H3,29,30,31,32,34,35). The van der Waals surface area contributed by atoms with Crippen molar-refractivity contribution in [3.05, 3.63) is 87.9 Å². The summed E-state index contributed by atoms with van der Waals surface area (Å²) in [5, 5.41) is 5.32. The number of hydrogen-bond donors (Lipinski definition) is 4. The van der Waals surface area contributed by atoms with Gasteiger partial charge in [0.15, 0.2) is 0 Å². The lowest BCUT2D eigenvalue weighted by Crippen LogP contribution is -2.26. The number of urea groups is 1. The third-order valence-corrected chi connectivity index (χ3v) is 5.53. The van der Waals surface area contributed by atoms with E-state index in [2.05, 4.69) is 45.4 Å². The van der Waals surface area contributed by atoms with Crippen LogP contribution in [0.2, 0.25) is 0 Å². The molecule has 0 unspecified atom stereocenters. The summed E-state index contributed by atoms with van der Waals surface area (Å²) in [4.78, 5) is 34.1. The highest BCUT2D eigenvalue weighted by molar-refractivity contribution is 5.99. The largest absolute Gasteiger partial charge is 0.331 e.